The number of nitrogens with zero attached hydrogens (tertiary/aromatic N) is 1. The first-order chi connectivity index (χ1) is 8.04. The first-order valence-electron chi connectivity index (χ1n) is 7.49. The maximum Gasteiger partial charge on any atom is 0.00965 e. The topological polar surface area (TPSA) is 15.3 Å². The van der Waals surface area contributed by atoms with Crippen molar-refractivity contribution in [2.24, 2.45) is 11.3 Å². The van der Waals surface area contributed by atoms with Crippen LogP contribution in [-0.4, -0.2) is 37.1 Å². The Bertz CT molecular complexity index is 222. The Morgan fingerprint density at radius 1 is 1.06 bits per heavy atom. The van der Waals surface area contributed by atoms with E-state index in [2.05, 4.69) is 31.0 Å². The largest absolute Gasteiger partial charge is 0.317 e. The van der Waals surface area contributed by atoms with Gasteiger partial charge in [0.05, 0.1) is 0 Å². The van der Waals surface area contributed by atoms with Gasteiger partial charge in [-0.1, -0.05) is 20.8 Å². The lowest BCUT2D eigenvalue weighted by Crippen LogP contribution is -2.38. The van der Waals surface area contributed by atoms with Crippen molar-refractivity contribution in [2.75, 3.05) is 26.2 Å². The van der Waals surface area contributed by atoms with Gasteiger partial charge in [-0.25, -0.2) is 0 Å². The maximum atomic E-state index is 3.47. The van der Waals surface area contributed by atoms with Crippen LogP contribution in [0.25, 0.3) is 0 Å². The third-order valence-corrected chi connectivity index (χ3v) is 4.16. The lowest BCUT2D eigenvalue weighted by molar-refractivity contribution is 0.174. The minimum atomic E-state index is 0.487. The average Bonchev–Trinajstić information content (AvgIpc) is 3.08. The van der Waals surface area contributed by atoms with E-state index in [9.17, 15) is 0 Å². The van der Waals surface area contributed by atoms with Crippen LogP contribution < -0.4 is 5.32 Å². The molecule has 0 aromatic rings. The van der Waals surface area contributed by atoms with Gasteiger partial charge in [0.1, 0.15) is 0 Å². The molecule has 2 heteroatoms. The molecule has 0 bridgehead atoms. The standard InChI is InChI=1S/C15H30N2/c1-15(2,3)8-11-17(14-4-5-14)12-13-6-9-16-10-7-13/h13-14,16H,4-12H2,1-3H3. The summed E-state index contributed by atoms with van der Waals surface area (Å²) < 4.78 is 0. The van der Waals surface area contributed by atoms with Crippen LogP contribution in [0.3, 0.4) is 0 Å². The second-order valence-corrected chi connectivity index (χ2v) is 7.23. The monoisotopic (exact) mass is 238 g/mol. The lowest BCUT2D eigenvalue weighted by atomic mass is 9.91. The summed E-state index contributed by atoms with van der Waals surface area (Å²) in [5.41, 5.74) is 0.487. The van der Waals surface area contributed by atoms with E-state index in [0.29, 0.717) is 5.41 Å². The molecule has 2 fully saturated rings. The van der Waals surface area contributed by atoms with Crippen molar-refractivity contribution in [3.63, 3.8) is 0 Å². The zero-order valence-corrected chi connectivity index (χ0v) is 12.0. The van der Waals surface area contributed by atoms with Crippen molar-refractivity contribution >= 4 is 0 Å². The van der Waals surface area contributed by atoms with Gasteiger partial charge in [-0.05, 0) is 63.1 Å². The molecule has 0 unspecified atom stereocenters. The number of nitrogens with one attached hydrogen (secondary N) is 1. The molecule has 2 nitrogen and oxygen atoms in total. The Kier molecular flexibility index (Phi) is 4.48. The van der Waals surface area contributed by atoms with Gasteiger partial charge in [-0.3, -0.25) is 0 Å². The van der Waals surface area contributed by atoms with Crippen LogP contribution in [-0.2, 0) is 0 Å². The van der Waals surface area contributed by atoms with Gasteiger partial charge in [-0.15, -0.1) is 0 Å². The zero-order valence-electron chi connectivity index (χ0n) is 12.0. The zero-order chi connectivity index (χ0) is 12.3. The summed E-state index contributed by atoms with van der Waals surface area (Å²) in [5.74, 6) is 0.955. The molecule has 1 N–H and O–H groups in total. The molecule has 1 saturated carbocycles. The number of piperidine rings is 1. The molecule has 0 atom stereocenters. The molecule has 2 rings (SSSR count). The Balaban J connectivity index is 1.76. The first kappa shape index (κ1) is 13.4. The van der Waals surface area contributed by atoms with Crippen molar-refractivity contribution in [3.05, 3.63) is 0 Å². The van der Waals surface area contributed by atoms with Crippen LogP contribution in [0, 0.1) is 11.3 Å². The van der Waals surface area contributed by atoms with E-state index in [1.165, 1.54) is 58.3 Å². The minimum absolute atomic E-state index is 0.487. The smallest absolute Gasteiger partial charge is 0.00965 e. The van der Waals surface area contributed by atoms with Crippen molar-refractivity contribution in [3.8, 4) is 0 Å². The fourth-order valence-electron chi connectivity index (χ4n) is 2.74. The first-order valence-corrected chi connectivity index (χ1v) is 7.49. The number of rotatable bonds is 5. The third-order valence-electron chi connectivity index (χ3n) is 4.16. The van der Waals surface area contributed by atoms with Gasteiger partial charge in [-0.2, -0.15) is 0 Å². The highest BCUT2D eigenvalue weighted by molar-refractivity contribution is 4.87. The summed E-state index contributed by atoms with van der Waals surface area (Å²) in [6.07, 6.45) is 7.02. The molecule has 0 spiro atoms. The lowest BCUT2D eigenvalue weighted by Gasteiger charge is -2.32. The summed E-state index contributed by atoms with van der Waals surface area (Å²) >= 11 is 0. The van der Waals surface area contributed by atoms with E-state index in [1.807, 2.05) is 0 Å². The molecule has 0 aromatic carbocycles. The van der Waals surface area contributed by atoms with Crippen LogP contribution in [0.1, 0.15) is 52.9 Å². The van der Waals surface area contributed by atoms with E-state index in [4.69, 9.17) is 0 Å². The van der Waals surface area contributed by atoms with E-state index >= 15 is 0 Å². The molecule has 0 amide bonds. The van der Waals surface area contributed by atoms with E-state index < -0.39 is 0 Å². The fourth-order valence-corrected chi connectivity index (χ4v) is 2.74. The fraction of sp³-hybridized carbons (Fsp3) is 1.00. The second kappa shape index (κ2) is 5.71. The summed E-state index contributed by atoms with van der Waals surface area (Å²) in [4.78, 5) is 2.79. The van der Waals surface area contributed by atoms with E-state index in [-0.39, 0.29) is 0 Å². The van der Waals surface area contributed by atoms with Crippen molar-refractivity contribution in [2.45, 2.75) is 58.9 Å². The van der Waals surface area contributed by atoms with Gasteiger partial charge in [0.2, 0.25) is 0 Å². The van der Waals surface area contributed by atoms with Gasteiger partial charge < -0.3 is 10.2 Å². The molecular formula is C15H30N2. The van der Waals surface area contributed by atoms with Crippen molar-refractivity contribution in [1.29, 1.82) is 0 Å². The molecular weight excluding hydrogens is 208 g/mol. The maximum absolute atomic E-state index is 3.47. The molecule has 1 saturated heterocycles. The normalized spacial score (nSPS) is 23.3. The minimum Gasteiger partial charge on any atom is -0.317 e. The van der Waals surface area contributed by atoms with Gasteiger partial charge in [0, 0.05) is 12.6 Å². The molecule has 100 valence electrons. The van der Waals surface area contributed by atoms with Crippen LogP contribution in [0.2, 0.25) is 0 Å². The van der Waals surface area contributed by atoms with E-state index in [1.54, 1.807) is 0 Å². The summed E-state index contributed by atoms with van der Waals surface area (Å²) in [7, 11) is 0. The van der Waals surface area contributed by atoms with Gasteiger partial charge in [0.25, 0.3) is 0 Å². The van der Waals surface area contributed by atoms with E-state index in [0.717, 1.165) is 12.0 Å². The van der Waals surface area contributed by atoms with Gasteiger partial charge >= 0.3 is 0 Å². The van der Waals surface area contributed by atoms with Gasteiger partial charge in [0.15, 0.2) is 0 Å². The predicted molar refractivity (Wildman–Crippen MR) is 74.3 cm³/mol. The van der Waals surface area contributed by atoms with Crippen LogP contribution in [0.4, 0.5) is 0 Å². The summed E-state index contributed by atoms with van der Waals surface area (Å²) in [6, 6.07) is 0.937. The highest BCUT2D eigenvalue weighted by atomic mass is 15.2. The van der Waals surface area contributed by atoms with Crippen LogP contribution in [0.5, 0.6) is 0 Å². The highest BCUT2D eigenvalue weighted by Crippen LogP contribution is 2.30. The summed E-state index contributed by atoms with van der Waals surface area (Å²) in [6.45, 7) is 12.2. The number of hydrogen-bond acceptors (Lipinski definition) is 2. The molecule has 1 heterocycles. The molecule has 2 aliphatic rings. The SMILES string of the molecule is CC(C)(C)CCN(CC1CCNCC1)C1CC1. The molecule has 0 aromatic heterocycles. The highest BCUT2D eigenvalue weighted by Gasteiger charge is 2.31. The van der Waals surface area contributed by atoms with Crippen LogP contribution in [0.15, 0.2) is 0 Å². The quantitative estimate of drug-likeness (QED) is 0.792. The van der Waals surface area contributed by atoms with Crippen molar-refractivity contribution in [1.82, 2.24) is 10.2 Å². The molecule has 1 aliphatic carbocycles. The van der Waals surface area contributed by atoms with Crippen LogP contribution >= 0.6 is 0 Å². The Morgan fingerprint density at radius 2 is 1.71 bits per heavy atom. The molecule has 1 aliphatic heterocycles. The third kappa shape index (κ3) is 4.97. The second-order valence-electron chi connectivity index (χ2n) is 7.23. The molecule has 0 radical (unpaired) electrons. The predicted octanol–water partition coefficient (Wildman–Crippen LogP) is 2.89. The van der Waals surface area contributed by atoms with Crippen molar-refractivity contribution < 1.29 is 0 Å². The Hall–Kier alpha value is -0.0800. The Labute approximate surface area is 107 Å². The average molecular weight is 238 g/mol. The molecule has 17 heavy (non-hydrogen) atoms. The Morgan fingerprint density at radius 3 is 2.24 bits per heavy atom. The summed E-state index contributed by atoms with van der Waals surface area (Å²) in [5, 5.41) is 3.47. The number of hydrogen-bond donors (Lipinski definition) is 1.